The van der Waals surface area contributed by atoms with Gasteiger partial charge in [0.1, 0.15) is 5.75 Å². The molecule has 0 heterocycles. The first-order valence-electron chi connectivity index (χ1n) is 7.82. The van der Waals surface area contributed by atoms with Crippen molar-refractivity contribution in [2.75, 3.05) is 23.8 Å². The van der Waals surface area contributed by atoms with Crippen molar-refractivity contribution < 1.29 is 22.7 Å². The highest BCUT2D eigenvalue weighted by atomic mass is 19.4. The van der Waals surface area contributed by atoms with Crippen molar-refractivity contribution in [3.05, 3.63) is 54.1 Å². The third-order valence-corrected chi connectivity index (χ3v) is 3.23. The molecule has 25 heavy (non-hydrogen) atoms. The molecule has 0 spiro atoms. The summed E-state index contributed by atoms with van der Waals surface area (Å²) in [6.45, 7) is 2.42. The second-order valence-corrected chi connectivity index (χ2v) is 5.36. The number of alkyl halides is 3. The molecule has 2 rings (SSSR count). The van der Waals surface area contributed by atoms with Gasteiger partial charge < -0.3 is 15.4 Å². The molecule has 2 aromatic carbocycles. The number of amides is 1. The Labute approximate surface area is 144 Å². The maximum atomic E-state index is 12.7. The number of rotatable bonds is 7. The van der Waals surface area contributed by atoms with Crippen LogP contribution in [0.2, 0.25) is 0 Å². The molecule has 0 aliphatic heterocycles. The summed E-state index contributed by atoms with van der Waals surface area (Å²) in [6, 6.07) is 11.6. The van der Waals surface area contributed by atoms with Crippen LogP contribution < -0.4 is 15.4 Å². The fraction of sp³-hybridized carbons (Fsp3) is 0.278. The van der Waals surface area contributed by atoms with Gasteiger partial charge >= 0.3 is 6.18 Å². The van der Waals surface area contributed by atoms with Crippen molar-refractivity contribution in [3.63, 3.8) is 0 Å². The van der Waals surface area contributed by atoms with Crippen molar-refractivity contribution in [3.8, 4) is 5.75 Å². The zero-order valence-electron chi connectivity index (χ0n) is 13.7. The predicted octanol–water partition coefficient (Wildman–Crippen LogP) is 4.54. The Morgan fingerprint density at radius 2 is 1.80 bits per heavy atom. The fourth-order valence-electron chi connectivity index (χ4n) is 2.08. The number of carbonyl (C=O) groups excluding carboxylic acids is 1. The van der Waals surface area contributed by atoms with E-state index >= 15 is 0 Å². The average Bonchev–Trinajstić information content (AvgIpc) is 2.58. The lowest BCUT2D eigenvalue weighted by atomic mass is 10.2. The molecule has 1 amide bonds. The van der Waals surface area contributed by atoms with Crippen LogP contribution in [0.4, 0.5) is 24.5 Å². The quantitative estimate of drug-likeness (QED) is 0.769. The van der Waals surface area contributed by atoms with E-state index in [4.69, 9.17) is 4.74 Å². The van der Waals surface area contributed by atoms with Crippen LogP contribution in [-0.2, 0) is 11.0 Å². The lowest BCUT2D eigenvalue weighted by Gasteiger charge is -2.11. The minimum absolute atomic E-state index is 0.151. The Hall–Kier alpha value is -2.70. The highest BCUT2D eigenvalue weighted by Gasteiger charge is 2.30. The van der Waals surface area contributed by atoms with Crippen LogP contribution in [0, 0.1) is 0 Å². The molecule has 2 N–H and O–H groups in total. The molecule has 0 aliphatic rings. The maximum absolute atomic E-state index is 12.7. The van der Waals surface area contributed by atoms with Gasteiger partial charge in [0.05, 0.1) is 18.7 Å². The molecule has 0 unspecified atom stereocenters. The minimum Gasteiger partial charge on any atom is -0.494 e. The maximum Gasteiger partial charge on any atom is 0.416 e. The lowest BCUT2D eigenvalue weighted by molar-refractivity contribution is -0.137. The van der Waals surface area contributed by atoms with Crippen molar-refractivity contribution in [2.24, 2.45) is 0 Å². The van der Waals surface area contributed by atoms with Gasteiger partial charge in [-0.2, -0.15) is 13.2 Å². The molecule has 0 atom stereocenters. The number of anilines is 2. The summed E-state index contributed by atoms with van der Waals surface area (Å²) in [5.74, 6) is 0.274. The second-order valence-electron chi connectivity index (χ2n) is 5.36. The Balaban J connectivity index is 1.91. The van der Waals surface area contributed by atoms with Gasteiger partial charge in [0, 0.05) is 17.4 Å². The highest BCUT2D eigenvalue weighted by molar-refractivity contribution is 5.93. The standard InChI is InChI=1S/C18H19F3N2O2/c1-2-9-25-16-8-4-7-15(11-16)23-17(24)12-22-14-6-3-5-13(10-14)18(19,20)21/h3-8,10-11,22H,2,9,12H2,1H3,(H,23,24). The summed E-state index contributed by atoms with van der Waals surface area (Å²) in [5, 5.41) is 5.35. The van der Waals surface area contributed by atoms with Gasteiger partial charge in [-0.15, -0.1) is 0 Å². The number of hydrogen-bond acceptors (Lipinski definition) is 3. The molecular weight excluding hydrogens is 333 g/mol. The zero-order chi connectivity index (χ0) is 18.3. The van der Waals surface area contributed by atoms with E-state index in [1.165, 1.54) is 12.1 Å². The van der Waals surface area contributed by atoms with Crippen LogP contribution >= 0.6 is 0 Å². The molecule has 0 aliphatic carbocycles. The Morgan fingerprint density at radius 1 is 1.08 bits per heavy atom. The molecule has 4 nitrogen and oxygen atoms in total. The van der Waals surface area contributed by atoms with E-state index in [1.807, 2.05) is 6.92 Å². The molecule has 0 fully saturated rings. The normalized spacial score (nSPS) is 11.0. The smallest absolute Gasteiger partial charge is 0.416 e. The third kappa shape index (κ3) is 6.02. The number of halogens is 3. The van der Waals surface area contributed by atoms with E-state index in [2.05, 4.69) is 10.6 Å². The Bertz CT molecular complexity index is 717. The van der Waals surface area contributed by atoms with Crippen molar-refractivity contribution in [1.29, 1.82) is 0 Å². The highest BCUT2D eigenvalue weighted by Crippen LogP contribution is 2.30. The average molecular weight is 352 g/mol. The van der Waals surface area contributed by atoms with Crippen LogP contribution in [0.1, 0.15) is 18.9 Å². The molecule has 0 bridgehead atoms. The van der Waals surface area contributed by atoms with Gasteiger partial charge in [0.25, 0.3) is 0 Å². The Morgan fingerprint density at radius 3 is 2.52 bits per heavy atom. The predicted molar refractivity (Wildman–Crippen MR) is 90.8 cm³/mol. The monoisotopic (exact) mass is 352 g/mol. The van der Waals surface area contributed by atoms with Gasteiger partial charge in [0.2, 0.25) is 5.91 Å². The van der Waals surface area contributed by atoms with Gasteiger partial charge in [-0.3, -0.25) is 4.79 Å². The van der Waals surface area contributed by atoms with Crippen LogP contribution in [0.25, 0.3) is 0 Å². The first-order chi connectivity index (χ1) is 11.9. The summed E-state index contributed by atoms with van der Waals surface area (Å²) < 4.78 is 43.5. The number of carbonyl (C=O) groups is 1. The van der Waals surface area contributed by atoms with Crippen LogP contribution in [0.15, 0.2) is 48.5 Å². The van der Waals surface area contributed by atoms with Crippen LogP contribution in [-0.4, -0.2) is 19.1 Å². The topological polar surface area (TPSA) is 50.4 Å². The first-order valence-corrected chi connectivity index (χ1v) is 7.82. The molecule has 2 aromatic rings. The van der Waals surface area contributed by atoms with E-state index in [-0.39, 0.29) is 18.1 Å². The summed E-state index contributed by atoms with van der Waals surface area (Å²) >= 11 is 0. The third-order valence-electron chi connectivity index (χ3n) is 3.23. The summed E-state index contributed by atoms with van der Waals surface area (Å²) in [5.41, 5.74) is 0.0214. The fourth-order valence-corrected chi connectivity index (χ4v) is 2.08. The number of benzene rings is 2. The SMILES string of the molecule is CCCOc1cccc(NC(=O)CNc2cccc(C(F)(F)F)c2)c1. The molecule has 0 aromatic heterocycles. The molecule has 0 saturated carbocycles. The summed E-state index contributed by atoms with van der Waals surface area (Å²) in [4.78, 5) is 12.0. The van der Waals surface area contributed by atoms with E-state index < -0.39 is 11.7 Å². The van der Waals surface area contributed by atoms with Gasteiger partial charge in [-0.05, 0) is 36.8 Å². The van der Waals surface area contributed by atoms with Crippen LogP contribution in [0.3, 0.4) is 0 Å². The molecule has 7 heteroatoms. The molecule has 134 valence electrons. The first kappa shape index (κ1) is 18.6. The second kappa shape index (κ2) is 8.41. The van der Waals surface area contributed by atoms with Crippen molar-refractivity contribution >= 4 is 17.3 Å². The lowest BCUT2D eigenvalue weighted by Crippen LogP contribution is -2.22. The van der Waals surface area contributed by atoms with Crippen LogP contribution in [0.5, 0.6) is 5.75 Å². The summed E-state index contributed by atoms with van der Waals surface area (Å²) in [6.07, 6.45) is -3.55. The van der Waals surface area contributed by atoms with Gasteiger partial charge in [-0.1, -0.05) is 19.1 Å². The summed E-state index contributed by atoms with van der Waals surface area (Å²) in [7, 11) is 0. The van der Waals surface area contributed by atoms with E-state index in [9.17, 15) is 18.0 Å². The van der Waals surface area contributed by atoms with Gasteiger partial charge in [0.15, 0.2) is 0 Å². The van der Waals surface area contributed by atoms with Crippen molar-refractivity contribution in [1.82, 2.24) is 0 Å². The molecule has 0 saturated heterocycles. The largest absolute Gasteiger partial charge is 0.494 e. The number of hydrogen-bond donors (Lipinski definition) is 2. The number of nitrogens with one attached hydrogen (secondary N) is 2. The molecule has 0 radical (unpaired) electrons. The van der Waals surface area contributed by atoms with E-state index in [0.29, 0.717) is 18.0 Å². The molecular formula is C18H19F3N2O2. The Kier molecular flexibility index (Phi) is 6.27. The van der Waals surface area contributed by atoms with Gasteiger partial charge in [-0.25, -0.2) is 0 Å². The zero-order valence-corrected chi connectivity index (χ0v) is 13.7. The van der Waals surface area contributed by atoms with E-state index in [0.717, 1.165) is 18.6 Å². The minimum atomic E-state index is -4.42. The van der Waals surface area contributed by atoms with E-state index in [1.54, 1.807) is 24.3 Å². The number of ether oxygens (including phenoxy) is 1. The van der Waals surface area contributed by atoms with Crippen molar-refractivity contribution in [2.45, 2.75) is 19.5 Å².